The van der Waals surface area contributed by atoms with Crippen LogP contribution in [0.25, 0.3) is 0 Å². The molecule has 1 heterocycles. The lowest BCUT2D eigenvalue weighted by Crippen LogP contribution is -2.33. The third-order valence-electron chi connectivity index (χ3n) is 2.87. The van der Waals surface area contributed by atoms with Crippen molar-refractivity contribution < 1.29 is 19.1 Å². The Kier molecular flexibility index (Phi) is 5.89. The number of rotatable bonds is 7. The number of benzene rings is 1. The molecular formula is C14H18N2O4S. The van der Waals surface area contributed by atoms with Crippen molar-refractivity contribution in [3.63, 3.8) is 0 Å². The second-order valence-electron chi connectivity index (χ2n) is 4.45. The van der Waals surface area contributed by atoms with Crippen LogP contribution in [0, 0.1) is 0 Å². The molecular weight excluding hydrogens is 292 g/mol. The summed E-state index contributed by atoms with van der Waals surface area (Å²) in [5.74, 6) is 1.27. The molecule has 0 unspecified atom stereocenters. The van der Waals surface area contributed by atoms with E-state index in [0.717, 1.165) is 11.5 Å². The minimum Gasteiger partial charge on any atom is -0.491 e. The lowest BCUT2D eigenvalue weighted by Gasteiger charge is -2.14. The maximum atomic E-state index is 11.8. The molecule has 0 aliphatic carbocycles. The Hall–Kier alpha value is -1.73. The quantitative estimate of drug-likeness (QED) is 0.778. The van der Waals surface area contributed by atoms with Gasteiger partial charge in [0.15, 0.2) is 0 Å². The van der Waals surface area contributed by atoms with E-state index in [4.69, 9.17) is 9.47 Å². The van der Waals surface area contributed by atoms with Gasteiger partial charge >= 0.3 is 0 Å². The Bertz CT molecular complexity index is 492. The van der Waals surface area contributed by atoms with Crippen molar-refractivity contribution in [3.05, 3.63) is 24.3 Å². The summed E-state index contributed by atoms with van der Waals surface area (Å²) < 4.78 is 10.3. The van der Waals surface area contributed by atoms with E-state index in [2.05, 4.69) is 5.32 Å². The molecule has 21 heavy (non-hydrogen) atoms. The van der Waals surface area contributed by atoms with E-state index >= 15 is 0 Å². The maximum absolute atomic E-state index is 11.8. The molecule has 0 spiro atoms. The van der Waals surface area contributed by atoms with E-state index in [0.29, 0.717) is 25.4 Å². The number of nitrogens with zero attached hydrogens (tertiary/aromatic N) is 1. The highest BCUT2D eigenvalue weighted by atomic mass is 32.2. The first-order valence-corrected chi connectivity index (χ1v) is 7.61. The molecule has 0 bridgehead atoms. The smallest absolute Gasteiger partial charge is 0.282 e. The Balaban J connectivity index is 1.79. The molecule has 1 aliphatic heterocycles. The highest BCUT2D eigenvalue weighted by molar-refractivity contribution is 8.13. The molecule has 1 fully saturated rings. The molecule has 1 aliphatic rings. The van der Waals surface area contributed by atoms with E-state index in [1.165, 1.54) is 11.8 Å². The zero-order valence-corrected chi connectivity index (χ0v) is 12.6. The lowest BCUT2D eigenvalue weighted by molar-refractivity contribution is -0.116. The van der Waals surface area contributed by atoms with Gasteiger partial charge < -0.3 is 19.7 Å². The summed E-state index contributed by atoms with van der Waals surface area (Å²) in [5.41, 5.74) is 0.679. The molecule has 0 saturated carbocycles. The Morgan fingerprint density at radius 1 is 1.33 bits per heavy atom. The summed E-state index contributed by atoms with van der Waals surface area (Å²) in [7, 11) is 1.62. The summed E-state index contributed by atoms with van der Waals surface area (Å²) in [6, 6.07) is 7.09. The summed E-state index contributed by atoms with van der Waals surface area (Å²) in [5, 5.41) is 2.73. The number of carbonyl (C=O) groups is 2. The van der Waals surface area contributed by atoms with Crippen LogP contribution in [-0.2, 0) is 9.53 Å². The predicted octanol–water partition coefficient (Wildman–Crippen LogP) is 1.82. The molecule has 6 nitrogen and oxygen atoms in total. The summed E-state index contributed by atoms with van der Waals surface area (Å²) in [6.45, 7) is 1.73. The second-order valence-corrected chi connectivity index (χ2v) is 5.50. The number of thioether (sulfide) groups is 1. The second kappa shape index (κ2) is 7.90. The fraction of sp³-hybridized carbons (Fsp3) is 0.429. The van der Waals surface area contributed by atoms with Crippen molar-refractivity contribution in [1.29, 1.82) is 0 Å². The van der Waals surface area contributed by atoms with E-state index in [9.17, 15) is 9.59 Å². The third kappa shape index (κ3) is 4.95. The maximum Gasteiger partial charge on any atom is 0.282 e. The van der Waals surface area contributed by atoms with Gasteiger partial charge in [-0.1, -0.05) is 11.8 Å². The van der Waals surface area contributed by atoms with Crippen LogP contribution >= 0.6 is 11.8 Å². The molecule has 1 aromatic rings. The van der Waals surface area contributed by atoms with Gasteiger partial charge in [0.05, 0.1) is 6.61 Å². The van der Waals surface area contributed by atoms with Crippen molar-refractivity contribution in [1.82, 2.24) is 4.90 Å². The fourth-order valence-corrected chi connectivity index (χ4v) is 2.65. The number of amides is 2. The summed E-state index contributed by atoms with van der Waals surface area (Å²) >= 11 is 1.25. The molecule has 0 atom stereocenters. The van der Waals surface area contributed by atoms with Gasteiger partial charge in [0.1, 0.15) is 18.9 Å². The Labute approximate surface area is 127 Å². The Morgan fingerprint density at radius 3 is 2.71 bits per heavy atom. The van der Waals surface area contributed by atoms with Crippen LogP contribution < -0.4 is 10.1 Å². The molecule has 2 rings (SSSR count). The largest absolute Gasteiger partial charge is 0.491 e. The summed E-state index contributed by atoms with van der Waals surface area (Å²) in [4.78, 5) is 24.8. The lowest BCUT2D eigenvalue weighted by atomic mass is 10.3. The first-order chi connectivity index (χ1) is 10.2. The minimum atomic E-state index is -0.195. The van der Waals surface area contributed by atoms with E-state index < -0.39 is 0 Å². The molecule has 2 amide bonds. The van der Waals surface area contributed by atoms with Crippen molar-refractivity contribution in [3.8, 4) is 5.75 Å². The average Bonchev–Trinajstić information content (AvgIpc) is 2.86. The molecule has 114 valence electrons. The van der Waals surface area contributed by atoms with E-state index in [-0.39, 0.29) is 17.7 Å². The number of ether oxygens (including phenoxy) is 2. The monoisotopic (exact) mass is 310 g/mol. The fourth-order valence-electron chi connectivity index (χ4n) is 1.82. The van der Waals surface area contributed by atoms with Gasteiger partial charge in [0.25, 0.3) is 5.24 Å². The molecule has 0 radical (unpaired) electrons. The van der Waals surface area contributed by atoms with Gasteiger partial charge in [-0.15, -0.1) is 0 Å². The standard InChI is InChI=1S/C14H18N2O4S/c1-19-7-8-20-12-4-2-11(3-5-12)15-13(17)10-16-6-9-21-14(16)18/h2-5H,6-10H2,1H3,(H,15,17). The highest BCUT2D eigenvalue weighted by Crippen LogP contribution is 2.18. The highest BCUT2D eigenvalue weighted by Gasteiger charge is 2.23. The van der Waals surface area contributed by atoms with Crippen LogP contribution in [0.2, 0.25) is 0 Å². The average molecular weight is 310 g/mol. The number of hydrogen-bond donors (Lipinski definition) is 1. The third-order valence-corrected chi connectivity index (χ3v) is 3.77. The number of carbonyl (C=O) groups excluding carboxylic acids is 2. The SMILES string of the molecule is COCCOc1ccc(NC(=O)CN2CCSC2=O)cc1. The van der Waals surface area contributed by atoms with Gasteiger partial charge in [-0.25, -0.2) is 0 Å². The number of anilines is 1. The first-order valence-electron chi connectivity index (χ1n) is 6.62. The van der Waals surface area contributed by atoms with Crippen LogP contribution in [0.3, 0.4) is 0 Å². The van der Waals surface area contributed by atoms with Gasteiger partial charge in [0.2, 0.25) is 5.91 Å². The predicted molar refractivity (Wildman–Crippen MR) is 81.9 cm³/mol. The Morgan fingerprint density at radius 2 is 2.10 bits per heavy atom. The normalized spacial score (nSPS) is 14.3. The van der Waals surface area contributed by atoms with Gasteiger partial charge in [-0.05, 0) is 24.3 Å². The zero-order valence-electron chi connectivity index (χ0n) is 11.8. The van der Waals surface area contributed by atoms with Crippen molar-refractivity contribution >= 4 is 28.6 Å². The number of methoxy groups -OCH3 is 1. The van der Waals surface area contributed by atoms with E-state index in [1.807, 2.05) is 0 Å². The van der Waals surface area contributed by atoms with Crippen LogP contribution in [0.5, 0.6) is 5.75 Å². The van der Waals surface area contributed by atoms with Crippen LogP contribution in [0.1, 0.15) is 0 Å². The topological polar surface area (TPSA) is 67.9 Å². The van der Waals surface area contributed by atoms with Crippen LogP contribution in [0.4, 0.5) is 10.5 Å². The van der Waals surface area contributed by atoms with Gasteiger partial charge in [0, 0.05) is 25.1 Å². The molecule has 1 aromatic carbocycles. The zero-order chi connectivity index (χ0) is 15.1. The van der Waals surface area contributed by atoms with Crippen LogP contribution in [0.15, 0.2) is 24.3 Å². The van der Waals surface area contributed by atoms with Gasteiger partial charge in [-0.3, -0.25) is 9.59 Å². The van der Waals surface area contributed by atoms with Gasteiger partial charge in [-0.2, -0.15) is 0 Å². The van der Waals surface area contributed by atoms with Crippen molar-refractivity contribution in [2.75, 3.05) is 44.5 Å². The van der Waals surface area contributed by atoms with Crippen LogP contribution in [-0.4, -0.2) is 55.2 Å². The number of hydrogen-bond acceptors (Lipinski definition) is 5. The minimum absolute atomic E-state index is 0.0351. The van der Waals surface area contributed by atoms with E-state index in [1.54, 1.807) is 36.3 Å². The summed E-state index contributed by atoms with van der Waals surface area (Å²) in [6.07, 6.45) is 0. The molecule has 7 heteroatoms. The first kappa shape index (κ1) is 15.7. The number of nitrogens with one attached hydrogen (secondary N) is 1. The molecule has 0 aromatic heterocycles. The molecule has 1 N–H and O–H groups in total. The van der Waals surface area contributed by atoms with Crippen molar-refractivity contribution in [2.45, 2.75) is 0 Å². The van der Waals surface area contributed by atoms with Crippen molar-refractivity contribution in [2.24, 2.45) is 0 Å². The molecule has 1 saturated heterocycles.